The third-order valence-corrected chi connectivity index (χ3v) is 6.12. The zero-order valence-corrected chi connectivity index (χ0v) is 15.6. The molecule has 2 aromatic carbocycles. The van der Waals surface area contributed by atoms with Crippen LogP contribution in [0.15, 0.2) is 73.1 Å². The standard InChI is InChI=1S/C23H25N3O/c1-17-25-14-15-26(17)21-13-12-20(16-21)23(22(24)27,18-8-4-2-5-9-18)19-10-6-3-7-11-19/h2-11,14-15,20-21H,12-13,16H2,1H3,(H2,24,27)/t20-,21+/m1/s1. The molecule has 3 aromatic rings. The molecule has 1 amide bonds. The van der Waals surface area contributed by atoms with Gasteiger partial charge in [0.25, 0.3) is 0 Å². The van der Waals surface area contributed by atoms with Crippen LogP contribution in [0.5, 0.6) is 0 Å². The smallest absolute Gasteiger partial charge is 0.232 e. The van der Waals surface area contributed by atoms with Gasteiger partial charge < -0.3 is 10.3 Å². The highest BCUT2D eigenvalue weighted by Crippen LogP contribution is 2.49. The Labute approximate surface area is 160 Å². The maximum Gasteiger partial charge on any atom is 0.232 e. The summed E-state index contributed by atoms with van der Waals surface area (Å²) in [5.41, 5.74) is 7.30. The Morgan fingerprint density at radius 2 is 1.63 bits per heavy atom. The van der Waals surface area contributed by atoms with Gasteiger partial charge in [-0.1, -0.05) is 60.7 Å². The molecule has 138 valence electrons. The van der Waals surface area contributed by atoms with Crippen LogP contribution in [0, 0.1) is 12.8 Å². The molecule has 0 saturated heterocycles. The lowest BCUT2D eigenvalue weighted by Gasteiger charge is -2.37. The van der Waals surface area contributed by atoms with E-state index in [1.807, 2.05) is 80.0 Å². The number of primary amides is 1. The first kappa shape index (κ1) is 17.5. The Morgan fingerprint density at radius 3 is 2.11 bits per heavy atom. The Kier molecular flexibility index (Phi) is 4.56. The zero-order chi connectivity index (χ0) is 18.9. The van der Waals surface area contributed by atoms with Crippen molar-refractivity contribution in [2.75, 3.05) is 0 Å². The molecule has 2 N–H and O–H groups in total. The van der Waals surface area contributed by atoms with E-state index in [0.29, 0.717) is 6.04 Å². The van der Waals surface area contributed by atoms with Crippen molar-refractivity contribution in [1.29, 1.82) is 0 Å². The number of nitrogens with zero attached hydrogens (tertiary/aromatic N) is 2. The van der Waals surface area contributed by atoms with Crippen molar-refractivity contribution in [1.82, 2.24) is 9.55 Å². The summed E-state index contributed by atoms with van der Waals surface area (Å²) in [5, 5.41) is 0. The minimum Gasteiger partial charge on any atom is -0.369 e. The van der Waals surface area contributed by atoms with Crippen molar-refractivity contribution in [3.8, 4) is 0 Å². The van der Waals surface area contributed by atoms with Gasteiger partial charge in [-0.05, 0) is 43.2 Å². The van der Waals surface area contributed by atoms with Gasteiger partial charge in [-0.15, -0.1) is 0 Å². The van der Waals surface area contributed by atoms with Crippen LogP contribution in [0.1, 0.15) is 42.3 Å². The summed E-state index contributed by atoms with van der Waals surface area (Å²) in [6.07, 6.45) is 6.77. The van der Waals surface area contributed by atoms with Gasteiger partial charge in [0.2, 0.25) is 5.91 Å². The fourth-order valence-corrected chi connectivity index (χ4v) is 4.90. The first-order valence-electron chi connectivity index (χ1n) is 9.54. The van der Waals surface area contributed by atoms with Crippen LogP contribution in [0.4, 0.5) is 0 Å². The lowest BCUT2D eigenvalue weighted by atomic mass is 9.64. The van der Waals surface area contributed by atoms with Crippen molar-refractivity contribution in [3.05, 3.63) is 90.0 Å². The molecular formula is C23H25N3O. The summed E-state index contributed by atoms with van der Waals surface area (Å²) in [5.74, 6) is 0.893. The van der Waals surface area contributed by atoms with Crippen LogP contribution < -0.4 is 5.73 Å². The van der Waals surface area contributed by atoms with Gasteiger partial charge in [-0.25, -0.2) is 4.98 Å². The Hall–Kier alpha value is -2.88. The van der Waals surface area contributed by atoms with Crippen LogP contribution in [-0.4, -0.2) is 15.5 Å². The summed E-state index contributed by atoms with van der Waals surface area (Å²) in [6, 6.07) is 20.4. The minimum atomic E-state index is -0.814. The third kappa shape index (κ3) is 2.85. The lowest BCUT2D eigenvalue weighted by molar-refractivity contribution is -0.123. The number of amides is 1. The average molecular weight is 359 g/mol. The summed E-state index contributed by atoms with van der Waals surface area (Å²) >= 11 is 0. The third-order valence-electron chi connectivity index (χ3n) is 6.12. The van der Waals surface area contributed by atoms with Crippen molar-refractivity contribution in [3.63, 3.8) is 0 Å². The number of hydrogen-bond acceptors (Lipinski definition) is 2. The first-order chi connectivity index (χ1) is 13.1. The molecule has 2 atom stereocenters. The molecule has 1 aliphatic carbocycles. The second-order valence-corrected chi connectivity index (χ2v) is 7.45. The number of benzene rings is 2. The number of carbonyl (C=O) groups excluding carboxylic acids is 1. The first-order valence-corrected chi connectivity index (χ1v) is 9.54. The molecule has 4 nitrogen and oxygen atoms in total. The molecule has 4 heteroatoms. The normalized spacial score (nSPS) is 19.9. The van der Waals surface area contributed by atoms with Gasteiger partial charge in [0.15, 0.2) is 0 Å². The Morgan fingerprint density at radius 1 is 1.04 bits per heavy atom. The largest absolute Gasteiger partial charge is 0.369 e. The predicted molar refractivity (Wildman–Crippen MR) is 106 cm³/mol. The molecule has 0 radical (unpaired) electrons. The van der Waals surface area contributed by atoms with E-state index in [4.69, 9.17) is 5.73 Å². The number of aromatic nitrogens is 2. The van der Waals surface area contributed by atoms with Crippen molar-refractivity contribution < 1.29 is 4.79 Å². The van der Waals surface area contributed by atoms with Crippen LogP contribution in [0.25, 0.3) is 0 Å². The fourth-order valence-electron chi connectivity index (χ4n) is 4.90. The Balaban J connectivity index is 1.82. The number of aryl methyl sites for hydroxylation is 1. The maximum absolute atomic E-state index is 13.1. The second kappa shape index (κ2) is 7.03. The number of nitrogens with two attached hydrogens (primary N) is 1. The zero-order valence-electron chi connectivity index (χ0n) is 15.6. The van der Waals surface area contributed by atoms with Crippen LogP contribution >= 0.6 is 0 Å². The highest BCUT2D eigenvalue weighted by atomic mass is 16.1. The van der Waals surface area contributed by atoms with Gasteiger partial charge >= 0.3 is 0 Å². The van der Waals surface area contributed by atoms with E-state index in [0.717, 1.165) is 36.2 Å². The van der Waals surface area contributed by atoms with E-state index in [1.54, 1.807) is 0 Å². The number of rotatable bonds is 5. The summed E-state index contributed by atoms with van der Waals surface area (Å²) < 4.78 is 2.24. The number of hydrogen-bond donors (Lipinski definition) is 1. The predicted octanol–water partition coefficient (Wildman–Crippen LogP) is 4.00. The van der Waals surface area contributed by atoms with E-state index >= 15 is 0 Å². The highest BCUT2D eigenvalue weighted by molar-refractivity contribution is 5.91. The van der Waals surface area contributed by atoms with Gasteiger partial charge in [0.05, 0.1) is 0 Å². The summed E-state index contributed by atoms with van der Waals surface area (Å²) in [4.78, 5) is 17.4. The van der Waals surface area contributed by atoms with Crippen molar-refractivity contribution >= 4 is 5.91 Å². The van der Waals surface area contributed by atoms with E-state index < -0.39 is 5.41 Å². The fraction of sp³-hybridized carbons (Fsp3) is 0.304. The quantitative estimate of drug-likeness (QED) is 0.748. The molecule has 27 heavy (non-hydrogen) atoms. The molecule has 4 rings (SSSR count). The molecule has 1 aliphatic rings. The molecule has 0 unspecified atom stereocenters. The maximum atomic E-state index is 13.1. The van der Waals surface area contributed by atoms with E-state index in [9.17, 15) is 4.79 Å². The Bertz CT molecular complexity index is 878. The molecule has 0 aliphatic heterocycles. The minimum absolute atomic E-state index is 0.145. The van der Waals surface area contributed by atoms with Gasteiger partial charge in [-0.3, -0.25) is 4.79 Å². The molecular weight excluding hydrogens is 334 g/mol. The van der Waals surface area contributed by atoms with Crippen molar-refractivity contribution in [2.45, 2.75) is 37.6 Å². The molecule has 0 bridgehead atoms. The van der Waals surface area contributed by atoms with Gasteiger partial charge in [0, 0.05) is 18.4 Å². The number of imidazole rings is 1. The van der Waals surface area contributed by atoms with E-state index in [-0.39, 0.29) is 11.8 Å². The van der Waals surface area contributed by atoms with Crippen LogP contribution in [-0.2, 0) is 10.2 Å². The molecule has 1 aromatic heterocycles. The highest BCUT2D eigenvalue weighted by Gasteiger charge is 2.50. The molecule has 1 saturated carbocycles. The lowest BCUT2D eigenvalue weighted by Crippen LogP contribution is -2.47. The monoisotopic (exact) mass is 359 g/mol. The summed E-state index contributed by atoms with van der Waals surface area (Å²) in [7, 11) is 0. The van der Waals surface area contributed by atoms with Crippen LogP contribution in [0.2, 0.25) is 0 Å². The number of carbonyl (C=O) groups is 1. The second-order valence-electron chi connectivity index (χ2n) is 7.45. The molecule has 1 fully saturated rings. The van der Waals surface area contributed by atoms with Crippen LogP contribution in [0.3, 0.4) is 0 Å². The molecule has 1 heterocycles. The average Bonchev–Trinajstić information content (AvgIpc) is 3.33. The van der Waals surface area contributed by atoms with E-state index in [2.05, 4.69) is 9.55 Å². The topological polar surface area (TPSA) is 60.9 Å². The summed E-state index contributed by atoms with van der Waals surface area (Å²) in [6.45, 7) is 2.03. The van der Waals surface area contributed by atoms with Crippen molar-refractivity contribution in [2.24, 2.45) is 11.7 Å². The molecule has 0 spiro atoms. The van der Waals surface area contributed by atoms with Gasteiger partial charge in [-0.2, -0.15) is 0 Å². The SMILES string of the molecule is Cc1nccn1[C@H]1CC[C@@H](C(C(N)=O)(c2ccccc2)c2ccccc2)C1. The van der Waals surface area contributed by atoms with Gasteiger partial charge in [0.1, 0.15) is 11.2 Å². The van der Waals surface area contributed by atoms with E-state index in [1.165, 1.54) is 0 Å².